The third-order valence-corrected chi connectivity index (χ3v) is 6.74. The zero-order valence-electron chi connectivity index (χ0n) is 16.2. The lowest BCUT2D eigenvalue weighted by molar-refractivity contribution is 0.102. The summed E-state index contributed by atoms with van der Waals surface area (Å²) in [5.41, 5.74) is 1.04. The van der Waals surface area contributed by atoms with Crippen LogP contribution in [0, 0.1) is 0 Å². The summed E-state index contributed by atoms with van der Waals surface area (Å²) in [6, 6.07) is 13.4. The van der Waals surface area contributed by atoms with E-state index in [0.717, 1.165) is 4.90 Å². The summed E-state index contributed by atoms with van der Waals surface area (Å²) in [4.78, 5) is 13.7. The molecule has 0 saturated heterocycles. The second-order valence-corrected chi connectivity index (χ2v) is 10.4. The second-order valence-electron chi connectivity index (χ2n) is 6.49. The van der Waals surface area contributed by atoms with Gasteiger partial charge in [-0.25, -0.2) is 8.42 Å². The quantitative estimate of drug-likeness (QED) is 0.557. The first-order chi connectivity index (χ1) is 13.8. The van der Waals surface area contributed by atoms with Gasteiger partial charge in [0.2, 0.25) is 5.89 Å². The Morgan fingerprint density at radius 1 is 1.07 bits per heavy atom. The lowest BCUT2D eigenvalue weighted by Gasteiger charge is -2.05. The molecular weight excluding hydrogens is 410 g/mol. The molecule has 2 aromatic carbocycles. The minimum Gasteiger partial charge on any atom is -0.403 e. The summed E-state index contributed by atoms with van der Waals surface area (Å²) in [6.45, 7) is 5.80. The van der Waals surface area contributed by atoms with E-state index in [-0.39, 0.29) is 28.5 Å². The predicted molar refractivity (Wildman–Crippen MR) is 113 cm³/mol. The van der Waals surface area contributed by atoms with Crippen molar-refractivity contribution < 1.29 is 17.6 Å². The summed E-state index contributed by atoms with van der Waals surface area (Å²) >= 11 is 1.72. The molecule has 0 aliphatic carbocycles. The van der Waals surface area contributed by atoms with Gasteiger partial charge in [0, 0.05) is 21.3 Å². The molecule has 0 saturated carbocycles. The van der Waals surface area contributed by atoms with E-state index in [0.29, 0.717) is 16.4 Å². The number of carbonyl (C=O) groups is 1. The van der Waals surface area contributed by atoms with Crippen molar-refractivity contribution in [2.24, 2.45) is 0 Å². The molecule has 0 spiro atoms. The first-order valence-corrected chi connectivity index (χ1v) is 11.6. The minimum atomic E-state index is -3.27. The van der Waals surface area contributed by atoms with E-state index in [9.17, 15) is 13.2 Å². The maximum atomic E-state index is 12.4. The smallest absolute Gasteiger partial charge is 0.322 e. The average molecular weight is 432 g/mol. The molecule has 0 aliphatic heterocycles. The molecule has 7 nitrogen and oxygen atoms in total. The highest BCUT2D eigenvalue weighted by Gasteiger charge is 2.15. The molecule has 9 heteroatoms. The first kappa shape index (κ1) is 21.1. The van der Waals surface area contributed by atoms with E-state index in [2.05, 4.69) is 29.4 Å². The Balaban J connectivity index is 1.69. The van der Waals surface area contributed by atoms with Crippen LogP contribution in [-0.2, 0) is 9.84 Å². The Hall–Kier alpha value is -2.65. The van der Waals surface area contributed by atoms with Crippen molar-refractivity contribution in [2.75, 3.05) is 11.1 Å². The monoisotopic (exact) mass is 431 g/mol. The Kier molecular flexibility index (Phi) is 6.39. The SMILES string of the molecule is CCS(=O)(=O)c1ccc(-c2nnc(NC(=O)c3ccc(SC(C)C)cc3)o2)cc1. The fourth-order valence-corrected chi connectivity index (χ4v) is 4.21. The summed E-state index contributed by atoms with van der Waals surface area (Å²) in [5.74, 6) is -0.143. The van der Waals surface area contributed by atoms with Crippen molar-refractivity contribution in [2.45, 2.75) is 35.8 Å². The van der Waals surface area contributed by atoms with Crippen LogP contribution in [0.15, 0.2) is 62.7 Å². The predicted octanol–water partition coefficient (Wildman–Crippen LogP) is 4.28. The minimum absolute atomic E-state index is 0.0280. The van der Waals surface area contributed by atoms with E-state index >= 15 is 0 Å². The number of hydrogen-bond acceptors (Lipinski definition) is 7. The number of rotatable bonds is 7. The Morgan fingerprint density at radius 2 is 1.72 bits per heavy atom. The van der Waals surface area contributed by atoms with Gasteiger partial charge in [-0.05, 0) is 48.5 Å². The Morgan fingerprint density at radius 3 is 2.31 bits per heavy atom. The summed E-state index contributed by atoms with van der Waals surface area (Å²) in [5, 5.41) is 10.8. The van der Waals surface area contributed by atoms with Crippen molar-refractivity contribution in [3.8, 4) is 11.5 Å². The largest absolute Gasteiger partial charge is 0.403 e. The van der Waals surface area contributed by atoms with Crippen molar-refractivity contribution >= 4 is 33.5 Å². The Labute approximate surface area is 173 Å². The van der Waals surface area contributed by atoms with Crippen LogP contribution >= 0.6 is 11.8 Å². The molecule has 1 heterocycles. The number of aromatic nitrogens is 2. The fourth-order valence-electron chi connectivity index (χ4n) is 2.49. The van der Waals surface area contributed by atoms with Crippen molar-refractivity contribution in [1.29, 1.82) is 0 Å². The van der Waals surface area contributed by atoms with Crippen LogP contribution < -0.4 is 5.32 Å². The zero-order valence-corrected chi connectivity index (χ0v) is 17.9. The second kappa shape index (κ2) is 8.79. The van der Waals surface area contributed by atoms with Gasteiger partial charge in [0.05, 0.1) is 10.6 Å². The van der Waals surface area contributed by atoms with E-state index in [1.807, 2.05) is 12.1 Å². The van der Waals surface area contributed by atoms with Gasteiger partial charge in [-0.1, -0.05) is 25.9 Å². The standard InChI is InChI=1S/C20H21N3O4S2/c1-4-29(25,26)17-11-7-15(8-12-17)19-22-23-20(27-19)21-18(24)14-5-9-16(10-6-14)28-13(2)3/h5-13H,4H2,1-3H3,(H,21,23,24). The summed E-state index contributed by atoms with van der Waals surface area (Å²) in [7, 11) is -3.27. The summed E-state index contributed by atoms with van der Waals surface area (Å²) < 4.78 is 29.2. The van der Waals surface area contributed by atoms with E-state index in [1.54, 1.807) is 43.0 Å². The van der Waals surface area contributed by atoms with Crippen LogP contribution in [0.25, 0.3) is 11.5 Å². The third kappa shape index (κ3) is 5.24. The summed E-state index contributed by atoms with van der Waals surface area (Å²) in [6.07, 6.45) is 0. The number of nitrogens with zero attached hydrogens (tertiary/aromatic N) is 2. The number of amides is 1. The lowest BCUT2D eigenvalue weighted by Crippen LogP contribution is -2.11. The highest BCUT2D eigenvalue weighted by molar-refractivity contribution is 7.99. The van der Waals surface area contributed by atoms with Crippen LogP contribution in [0.1, 0.15) is 31.1 Å². The van der Waals surface area contributed by atoms with Crippen LogP contribution in [0.5, 0.6) is 0 Å². The molecular formula is C20H21N3O4S2. The van der Waals surface area contributed by atoms with E-state index < -0.39 is 9.84 Å². The number of benzene rings is 2. The Bertz CT molecular complexity index is 1090. The van der Waals surface area contributed by atoms with Crippen LogP contribution in [0.4, 0.5) is 6.01 Å². The fraction of sp³-hybridized carbons (Fsp3) is 0.250. The highest BCUT2D eigenvalue weighted by Crippen LogP contribution is 2.24. The molecule has 0 bridgehead atoms. The average Bonchev–Trinajstić information content (AvgIpc) is 3.16. The van der Waals surface area contributed by atoms with E-state index in [4.69, 9.17) is 4.42 Å². The van der Waals surface area contributed by atoms with Crippen molar-refractivity contribution in [1.82, 2.24) is 10.2 Å². The number of thioether (sulfide) groups is 1. The topological polar surface area (TPSA) is 102 Å². The van der Waals surface area contributed by atoms with Gasteiger partial charge in [-0.3, -0.25) is 10.1 Å². The van der Waals surface area contributed by atoms with Gasteiger partial charge in [0.1, 0.15) is 0 Å². The molecule has 1 amide bonds. The molecule has 1 aromatic heterocycles. The number of carbonyl (C=O) groups excluding carboxylic acids is 1. The zero-order chi connectivity index (χ0) is 21.0. The van der Waals surface area contributed by atoms with Gasteiger partial charge in [0.25, 0.3) is 5.91 Å². The molecule has 0 atom stereocenters. The van der Waals surface area contributed by atoms with Gasteiger partial charge < -0.3 is 4.42 Å². The van der Waals surface area contributed by atoms with Crippen LogP contribution in [-0.4, -0.2) is 35.5 Å². The van der Waals surface area contributed by atoms with Crippen LogP contribution in [0.2, 0.25) is 0 Å². The van der Waals surface area contributed by atoms with E-state index in [1.165, 1.54) is 12.1 Å². The number of sulfone groups is 1. The lowest BCUT2D eigenvalue weighted by atomic mass is 10.2. The molecule has 0 fully saturated rings. The normalized spacial score (nSPS) is 11.6. The van der Waals surface area contributed by atoms with Gasteiger partial charge in [-0.15, -0.1) is 16.9 Å². The molecule has 0 aliphatic rings. The molecule has 152 valence electrons. The number of hydrogen-bond donors (Lipinski definition) is 1. The van der Waals surface area contributed by atoms with Crippen LogP contribution in [0.3, 0.4) is 0 Å². The van der Waals surface area contributed by atoms with Crippen molar-refractivity contribution in [3.63, 3.8) is 0 Å². The molecule has 1 N–H and O–H groups in total. The van der Waals surface area contributed by atoms with Gasteiger partial charge in [0.15, 0.2) is 9.84 Å². The maximum absolute atomic E-state index is 12.4. The number of nitrogens with one attached hydrogen (secondary N) is 1. The molecule has 29 heavy (non-hydrogen) atoms. The van der Waals surface area contributed by atoms with Gasteiger partial charge in [-0.2, -0.15) is 0 Å². The molecule has 0 radical (unpaired) electrons. The number of anilines is 1. The first-order valence-electron chi connectivity index (χ1n) is 9.03. The van der Waals surface area contributed by atoms with Gasteiger partial charge >= 0.3 is 6.01 Å². The maximum Gasteiger partial charge on any atom is 0.322 e. The molecule has 0 unspecified atom stereocenters. The molecule has 3 rings (SSSR count). The molecule has 3 aromatic rings. The van der Waals surface area contributed by atoms with Crippen molar-refractivity contribution in [3.05, 3.63) is 54.1 Å². The highest BCUT2D eigenvalue weighted by atomic mass is 32.2. The third-order valence-electron chi connectivity index (χ3n) is 3.97.